The predicted octanol–water partition coefficient (Wildman–Crippen LogP) is 2.00. The molecule has 1 aromatic carbocycles. The second-order valence-electron chi connectivity index (χ2n) is 4.92. The fourth-order valence-corrected chi connectivity index (χ4v) is 2.45. The predicted molar refractivity (Wildman–Crippen MR) is 67.0 cm³/mol. The number of aromatic carboxylic acids is 1. The highest BCUT2D eigenvalue weighted by Crippen LogP contribution is 2.39. The maximum absolute atomic E-state index is 12.0. The van der Waals surface area contributed by atoms with Gasteiger partial charge in [0, 0.05) is 6.04 Å². The zero-order valence-corrected chi connectivity index (χ0v) is 10.0. The number of nitrogens with zero attached hydrogens (tertiary/aromatic N) is 1. The summed E-state index contributed by atoms with van der Waals surface area (Å²) >= 11 is 0. The molecule has 0 amide bonds. The van der Waals surface area contributed by atoms with E-state index in [4.69, 9.17) is 5.11 Å². The first-order valence-electron chi connectivity index (χ1n) is 6.05. The van der Waals surface area contributed by atoms with Gasteiger partial charge >= 0.3 is 11.7 Å². The average molecular weight is 246 g/mol. The summed E-state index contributed by atoms with van der Waals surface area (Å²) in [5.41, 5.74) is 1.42. The molecule has 1 aliphatic carbocycles. The fraction of sp³-hybridized carbons (Fsp3) is 0.385. The molecule has 18 heavy (non-hydrogen) atoms. The van der Waals surface area contributed by atoms with Crippen LogP contribution < -0.4 is 5.69 Å². The van der Waals surface area contributed by atoms with Crippen LogP contribution in [-0.2, 0) is 0 Å². The molecule has 0 aliphatic heterocycles. The van der Waals surface area contributed by atoms with Crippen molar-refractivity contribution >= 4 is 17.0 Å². The number of carboxylic acid groups (broad SMARTS) is 1. The smallest absolute Gasteiger partial charge is 0.335 e. The SMILES string of the molecule is CC(C1CC1)n1c(=O)[nH]c2ccc(C(=O)O)cc21. The van der Waals surface area contributed by atoms with Gasteiger partial charge in [-0.25, -0.2) is 9.59 Å². The van der Waals surface area contributed by atoms with Crippen LogP contribution in [0.5, 0.6) is 0 Å². The lowest BCUT2D eigenvalue weighted by Crippen LogP contribution is -2.21. The first-order valence-corrected chi connectivity index (χ1v) is 6.05. The highest BCUT2D eigenvalue weighted by molar-refractivity contribution is 5.92. The molecule has 1 unspecified atom stereocenters. The molecule has 1 aromatic heterocycles. The van der Waals surface area contributed by atoms with Gasteiger partial charge in [0.1, 0.15) is 0 Å². The number of aromatic amines is 1. The maximum Gasteiger partial charge on any atom is 0.335 e. The van der Waals surface area contributed by atoms with Gasteiger partial charge in [-0.3, -0.25) is 4.57 Å². The number of carbonyl (C=O) groups is 1. The molecular weight excluding hydrogens is 232 g/mol. The van der Waals surface area contributed by atoms with Gasteiger partial charge in [0.15, 0.2) is 0 Å². The Morgan fingerprint density at radius 1 is 1.50 bits per heavy atom. The molecular formula is C13H14N2O3. The van der Waals surface area contributed by atoms with Crippen molar-refractivity contribution in [2.45, 2.75) is 25.8 Å². The van der Waals surface area contributed by atoms with Gasteiger partial charge in [-0.2, -0.15) is 0 Å². The number of imidazole rings is 1. The highest BCUT2D eigenvalue weighted by Gasteiger charge is 2.31. The summed E-state index contributed by atoms with van der Waals surface area (Å²) in [6.07, 6.45) is 2.28. The summed E-state index contributed by atoms with van der Waals surface area (Å²) in [6, 6.07) is 4.84. The lowest BCUT2D eigenvalue weighted by atomic mass is 10.1. The lowest BCUT2D eigenvalue weighted by Gasteiger charge is -2.12. The van der Waals surface area contributed by atoms with E-state index in [0.717, 1.165) is 12.8 Å². The van der Waals surface area contributed by atoms with Crippen LogP contribution in [0.15, 0.2) is 23.0 Å². The molecule has 5 nitrogen and oxygen atoms in total. The van der Waals surface area contributed by atoms with Crippen LogP contribution >= 0.6 is 0 Å². The van der Waals surface area contributed by atoms with Gasteiger partial charge < -0.3 is 10.1 Å². The van der Waals surface area contributed by atoms with Crippen LogP contribution in [0.25, 0.3) is 11.0 Å². The number of hydrogen-bond donors (Lipinski definition) is 2. The minimum absolute atomic E-state index is 0.121. The van der Waals surface area contributed by atoms with Crippen LogP contribution in [-0.4, -0.2) is 20.6 Å². The van der Waals surface area contributed by atoms with Crippen LogP contribution in [0.4, 0.5) is 0 Å². The van der Waals surface area contributed by atoms with E-state index in [2.05, 4.69) is 4.98 Å². The molecule has 1 fully saturated rings. The van der Waals surface area contributed by atoms with E-state index in [1.165, 1.54) is 6.07 Å². The second-order valence-corrected chi connectivity index (χ2v) is 4.92. The van der Waals surface area contributed by atoms with E-state index in [1.54, 1.807) is 16.7 Å². The summed E-state index contributed by atoms with van der Waals surface area (Å²) in [4.78, 5) is 25.7. The van der Waals surface area contributed by atoms with Crippen molar-refractivity contribution in [3.05, 3.63) is 34.2 Å². The van der Waals surface area contributed by atoms with Crippen LogP contribution in [0.1, 0.15) is 36.2 Å². The molecule has 1 atom stereocenters. The number of H-pyrrole nitrogens is 1. The van der Waals surface area contributed by atoms with E-state index >= 15 is 0 Å². The topological polar surface area (TPSA) is 75.1 Å². The molecule has 1 saturated carbocycles. The Hall–Kier alpha value is -2.04. The Morgan fingerprint density at radius 3 is 2.83 bits per heavy atom. The number of benzene rings is 1. The first-order chi connectivity index (χ1) is 8.58. The summed E-state index contributed by atoms with van der Waals surface area (Å²) < 4.78 is 1.68. The van der Waals surface area contributed by atoms with Crippen LogP contribution in [0.3, 0.4) is 0 Å². The molecule has 1 heterocycles. The summed E-state index contributed by atoms with van der Waals surface area (Å²) in [7, 11) is 0. The number of nitrogens with one attached hydrogen (secondary N) is 1. The van der Waals surface area contributed by atoms with Crippen molar-refractivity contribution in [2.75, 3.05) is 0 Å². The Kier molecular flexibility index (Phi) is 2.29. The lowest BCUT2D eigenvalue weighted by molar-refractivity contribution is 0.0697. The van der Waals surface area contributed by atoms with E-state index in [9.17, 15) is 9.59 Å². The van der Waals surface area contributed by atoms with Crippen LogP contribution in [0, 0.1) is 5.92 Å². The van der Waals surface area contributed by atoms with Gasteiger partial charge in [0.2, 0.25) is 0 Å². The Labute approximate surface area is 103 Å². The normalized spacial score (nSPS) is 16.9. The third kappa shape index (κ3) is 1.63. The van der Waals surface area contributed by atoms with Crippen molar-refractivity contribution in [3.63, 3.8) is 0 Å². The van der Waals surface area contributed by atoms with E-state index in [-0.39, 0.29) is 17.3 Å². The van der Waals surface area contributed by atoms with Gasteiger partial charge in [-0.05, 0) is 43.9 Å². The van der Waals surface area contributed by atoms with Crippen molar-refractivity contribution in [1.29, 1.82) is 0 Å². The summed E-state index contributed by atoms with van der Waals surface area (Å²) in [5.74, 6) is -0.439. The Bertz CT molecular complexity index is 679. The van der Waals surface area contributed by atoms with Gasteiger partial charge in [0.25, 0.3) is 0 Å². The Morgan fingerprint density at radius 2 is 2.22 bits per heavy atom. The fourth-order valence-electron chi connectivity index (χ4n) is 2.45. The van der Waals surface area contributed by atoms with Gasteiger partial charge in [-0.15, -0.1) is 0 Å². The monoisotopic (exact) mass is 246 g/mol. The molecule has 2 N–H and O–H groups in total. The largest absolute Gasteiger partial charge is 0.478 e. The minimum atomic E-state index is -0.976. The van der Waals surface area contributed by atoms with Crippen LogP contribution in [0.2, 0.25) is 0 Å². The molecule has 5 heteroatoms. The molecule has 0 saturated heterocycles. The minimum Gasteiger partial charge on any atom is -0.478 e. The van der Waals surface area contributed by atoms with Crippen molar-refractivity contribution < 1.29 is 9.90 Å². The molecule has 94 valence electrons. The van der Waals surface area contributed by atoms with E-state index in [1.807, 2.05) is 6.92 Å². The number of carboxylic acids is 1. The molecule has 0 bridgehead atoms. The Balaban J connectivity index is 2.22. The zero-order chi connectivity index (χ0) is 12.9. The molecule has 2 aromatic rings. The number of fused-ring (bicyclic) bond motifs is 1. The van der Waals surface area contributed by atoms with Crippen molar-refractivity contribution in [2.24, 2.45) is 5.92 Å². The first kappa shape index (κ1) is 11.1. The third-order valence-electron chi connectivity index (χ3n) is 3.68. The quantitative estimate of drug-likeness (QED) is 0.869. The molecule has 0 radical (unpaired) electrons. The van der Waals surface area contributed by atoms with E-state index < -0.39 is 5.97 Å². The van der Waals surface area contributed by atoms with E-state index in [0.29, 0.717) is 17.0 Å². The molecule has 0 spiro atoms. The standard InChI is InChI=1S/C13H14N2O3/c1-7(8-2-3-8)15-11-6-9(12(16)17)4-5-10(11)14-13(15)18/h4-8H,2-3H2,1H3,(H,14,18)(H,16,17). The molecule has 1 aliphatic rings. The number of rotatable bonds is 3. The second kappa shape index (κ2) is 3.73. The highest BCUT2D eigenvalue weighted by atomic mass is 16.4. The number of aromatic nitrogens is 2. The maximum atomic E-state index is 12.0. The van der Waals surface area contributed by atoms with Crippen molar-refractivity contribution in [3.8, 4) is 0 Å². The van der Waals surface area contributed by atoms with Crippen molar-refractivity contribution in [1.82, 2.24) is 9.55 Å². The van der Waals surface area contributed by atoms with Gasteiger partial charge in [0.05, 0.1) is 16.6 Å². The molecule has 3 rings (SSSR count). The van der Waals surface area contributed by atoms with Gasteiger partial charge in [-0.1, -0.05) is 0 Å². The summed E-state index contributed by atoms with van der Waals surface area (Å²) in [5, 5.41) is 9.00. The average Bonchev–Trinajstić information content (AvgIpc) is 3.10. The third-order valence-corrected chi connectivity index (χ3v) is 3.68. The summed E-state index contributed by atoms with van der Waals surface area (Å²) in [6.45, 7) is 2.01. The zero-order valence-electron chi connectivity index (χ0n) is 10.0. The number of hydrogen-bond acceptors (Lipinski definition) is 2.